The van der Waals surface area contributed by atoms with Crippen LogP contribution in [0.4, 0.5) is 5.13 Å². The van der Waals surface area contributed by atoms with Gasteiger partial charge in [0.25, 0.3) is 5.91 Å². The van der Waals surface area contributed by atoms with Gasteiger partial charge in [-0.3, -0.25) is 9.69 Å². The lowest BCUT2D eigenvalue weighted by atomic mass is 10.2. The lowest BCUT2D eigenvalue weighted by Gasteiger charge is -2.11. The van der Waals surface area contributed by atoms with Gasteiger partial charge >= 0.3 is 0 Å². The van der Waals surface area contributed by atoms with Gasteiger partial charge in [-0.1, -0.05) is 54.6 Å². The molecule has 2 heterocycles. The highest BCUT2D eigenvalue weighted by atomic mass is 32.2. The number of carbonyl (C=O) groups excluding carboxylic acids is 1. The van der Waals surface area contributed by atoms with Gasteiger partial charge in [0.2, 0.25) is 5.13 Å². The third-order valence-corrected chi connectivity index (χ3v) is 6.12. The summed E-state index contributed by atoms with van der Waals surface area (Å²) in [5.41, 5.74) is 2.75. The van der Waals surface area contributed by atoms with Gasteiger partial charge in [0.1, 0.15) is 5.75 Å². The second kappa shape index (κ2) is 9.11. The fourth-order valence-corrected chi connectivity index (χ4v) is 4.68. The van der Waals surface area contributed by atoms with E-state index in [4.69, 9.17) is 4.74 Å². The number of nitrogens with zero attached hydrogens (tertiary/aromatic N) is 3. The Kier molecular flexibility index (Phi) is 6.11. The third kappa shape index (κ3) is 4.22. The molecule has 0 bridgehead atoms. The Morgan fingerprint density at radius 3 is 2.70 bits per heavy atom. The Labute approximate surface area is 183 Å². The van der Waals surface area contributed by atoms with Crippen LogP contribution in [0.15, 0.2) is 82.5 Å². The summed E-state index contributed by atoms with van der Waals surface area (Å²) in [6, 6.07) is 17.5. The zero-order valence-electron chi connectivity index (χ0n) is 16.3. The van der Waals surface area contributed by atoms with Crippen molar-refractivity contribution < 1.29 is 9.53 Å². The molecular weight excluding hydrogens is 414 g/mol. The minimum absolute atomic E-state index is 0.107. The van der Waals surface area contributed by atoms with Gasteiger partial charge in [-0.25, -0.2) is 4.98 Å². The molecule has 0 atom stereocenters. The summed E-state index contributed by atoms with van der Waals surface area (Å²) in [6.45, 7) is 4.15. The molecule has 2 aromatic carbocycles. The molecule has 0 radical (unpaired) electrons. The van der Waals surface area contributed by atoms with Crippen molar-refractivity contribution in [2.75, 3.05) is 13.7 Å². The number of aliphatic imine (C=N–C) groups is 1. The van der Waals surface area contributed by atoms with Crippen LogP contribution in [0.1, 0.15) is 5.56 Å². The minimum Gasteiger partial charge on any atom is -0.496 e. The molecule has 4 rings (SSSR count). The van der Waals surface area contributed by atoms with E-state index in [0.29, 0.717) is 27.5 Å². The number of amidine groups is 1. The number of methoxy groups -OCH3 is 1. The Balaban J connectivity index is 1.66. The number of carbonyl (C=O) groups is 1. The first kappa shape index (κ1) is 20.1. The van der Waals surface area contributed by atoms with E-state index in [1.807, 2.05) is 66.1 Å². The average Bonchev–Trinajstić information content (AvgIpc) is 3.36. The zero-order valence-corrected chi connectivity index (χ0v) is 18.0. The van der Waals surface area contributed by atoms with E-state index < -0.39 is 0 Å². The highest BCUT2D eigenvalue weighted by Crippen LogP contribution is 2.36. The molecule has 0 unspecified atom stereocenters. The van der Waals surface area contributed by atoms with Crippen molar-refractivity contribution in [1.82, 2.24) is 9.88 Å². The normalized spacial score (nSPS) is 16.4. The van der Waals surface area contributed by atoms with E-state index in [0.717, 1.165) is 16.8 Å². The molecule has 150 valence electrons. The van der Waals surface area contributed by atoms with Crippen molar-refractivity contribution >= 4 is 45.4 Å². The summed E-state index contributed by atoms with van der Waals surface area (Å²) in [7, 11) is 1.62. The Bertz CT molecular complexity index is 1140. The standard InChI is InChI=1S/C23H19N3O2S2/c1-3-13-26-21(27)20(14-17-11-7-8-12-19(17)28-2)30-23(26)25-22-24-18(15-29-22)16-9-5-4-6-10-16/h3-12,14-15H,1,13H2,2H3/b20-14-,25-23+. The van der Waals surface area contributed by atoms with E-state index in [1.165, 1.54) is 23.1 Å². The second-order valence-corrected chi connectivity index (χ2v) is 8.18. The monoisotopic (exact) mass is 433 g/mol. The van der Waals surface area contributed by atoms with Gasteiger partial charge in [-0.05, 0) is 23.9 Å². The van der Waals surface area contributed by atoms with Gasteiger partial charge in [0, 0.05) is 23.1 Å². The maximum absolute atomic E-state index is 13.0. The first-order chi connectivity index (χ1) is 14.7. The van der Waals surface area contributed by atoms with E-state index in [9.17, 15) is 4.79 Å². The molecule has 1 fully saturated rings. The molecule has 3 aromatic rings. The van der Waals surface area contributed by atoms with Crippen molar-refractivity contribution in [3.63, 3.8) is 0 Å². The van der Waals surface area contributed by atoms with Crippen molar-refractivity contribution in [2.45, 2.75) is 0 Å². The Hall–Kier alpha value is -3.16. The van der Waals surface area contributed by atoms with Crippen LogP contribution in [-0.4, -0.2) is 34.6 Å². The summed E-state index contributed by atoms with van der Waals surface area (Å²) in [5.74, 6) is 0.607. The topological polar surface area (TPSA) is 54.8 Å². The number of ether oxygens (including phenoxy) is 1. The Morgan fingerprint density at radius 2 is 1.93 bits per heavy atom. The van der Waals surface area contributed by atoms with E-state index in [1.54, 1.807) is 18.1 Å². The summed E-state index contributed by atoms with van der Waals surface area (Å²) in [6.07, 6.45) is 3.53. The van der Waals surface area contributed by atoms with Crippen LogP contribution in [0, 0.1) is 0 Å². The van der Waals surface area contributed by atoms with E-state index in [-0.39, 0.29) is 5.91 Å². The molecule has 5 nitrogen and oxygen atoms in total. The molecule has 7 heteroatoms. The number of para-hydroxylation sites is 1. The van der Waals surface area contributed by atoms with E-state index >= 15 is 0 Å². The fraction of sp³-hybridized carbons (Fsp3) is 0.0870. The van der Waals surface area contributed by atoms with Crippen molar-refractivity contribution in [3.05, 3.63) is 83.1 Å². The van der Waals surface area contributed by atoms with Crippen LogP contribution in [0.2, 0.25) is 0 Å². The third-order valence-electron chi connectivity index (χ3n) is 4.38. The lowest BCUT2D eigenvalue weighted by Crippen LogP contribution is -2.29. The van der Waals surface area contributed by atoms with E-state index in [2.05, 4.69) is 16.6 Å². The Morgan fingerprint density at radius 1 is 1.17 bits per heavy atom. The average molecular weight is 434 g/mol. The quantitative estimate of drug-likeness (QED) is 0.375. The minimum atomic E-state index is -0.107. The van der Waals surface area contributed by atoms with Gasteiger partial charge in [0.15, 0.2) is 5.17 Å². The van der Waals surface area contributed by atoms with Gasteiger partial charge < -0.3 is 4.74 Å². The van der Waals surface area contributed by atoms with Crippen LogP contribution in [0.5, 0.6) is 5.75 Å². The second-order valence-electron chi connectivity index (χ2n) is 6.33. The molecule has 1 aliphatic heterocycles. The van der Waals surface area contributed by atoms with Crippen LogP contribution in [0.25, 0.3) is 17.3 Å². The number of thiazole rings is 1. The summed E-state index contributed by atoms with van der Waals surface area (Å²) in [5, 5.41) is 3.17. The molecule has 1 aromatic heterocycles. The molecular formula is C23H19N3O2S2. The molecule has 30 heavy (non-hydrogen) atoms. The summed E-state index contributed by atoms with van der Waals surface area (Å²) < 4.78 is 5.40. The van der Waals surface area contributed by atoms with Crippen LogP contribution in [0.3, 0.4) is 0 Å². The number of hydrogen-bond acceptors (Lipinski definition) is 6. The highest BCUT2D eigenvalue weighted by molar-refractivity contribution is 8.18. The molecule has 1 amide bonds. The lowest BCUT2D eigenvalue weighted by molar-refractivity contribution is -0.121. The zero-order chi connectivity index (χ0) is 20.9. The predicted octanol–water partition coefficient (Wildman–Crippen LogP) is 5.61. The SMILES string of the molecule is C=CCN1C(=O)/C(=C/c2ccccc2OC)S/C1=N/c1nc(-c2ccccc2)cs1. The fourth-order valence-electron chi connectivity index (χ4n) is 2.95. The summed E-state index contributed by atoms with van der Waals surface area (Å²) >= 11 is 2.78. The molecule has 0 N–H and O–H groups in total. The largest absolute Gasteiger partial charge is 0.496 e. The maximum atomic E-state index is 13.0. The van der Waals surface area contributed by atoms with Crippen LogP contribution < -0.4 is 4.74 Å². The first-order valence-electron chi connectivity index (χ1n) is 9.24. The number of thioether (sulfide) groups is 1. The van der Waals surface area contributed by atoms with Crippen molar-refractivity contribution in [3.8, 4) is 17.0 Å². The van der Waals surface area contributed by atoms with Crippen LogP contribution in [-0.2, 0) is 4.79 Å². The molecule has 0 aliphatic carbocycles. The van der Waals surface area contributed by atoms with Gasteiger partial charge in [-0.2, -0.15) is 4.99 Å². The maximum Gasteiger partial charge on any atom is 0.267 e. The van der Waals surface area contributed by atoms with Crippen molar-refractivity contribution in [1.29, 1.82) is 0 Å². The molecule has 1 aliphatic rings. The molecule has 0 spiro atoms. The smallest absolute Gasteiger partial charge is 0.267 e. The number of aromatic nitrogens is 1. The van der Waals surface area contributed by atoms with Crippen molar-refractivity contribution in [2.24, 2.45) is 4.99 Å². The van der Waals surface area contributed by atoms with Gasteiger partial charge in [-0.15, -0.1) is 17.9 Å². The number of rotatable bonds is 6. The highest BCUT2D eigenvalue weighted by Gasteiger charge is 2.33. The first-order valence-corrected chi connectivity index (χ1v) is 10.9. The summed E-state index contributed by atoms with van der Waals surface area (Å²) in [4.78, 5) is 24.4. The molecule has 0 saturated carbocycles. The predicted molar refractivity (Wildman–Crippen MR) is 125 cm³/mol. The van der Waals surface area contributed by atoms with Crippen LogP contribution >= 0.6 is 23.1 Å². The molecule has 1 saturated heterocycles. The van der Waals surface area contributed by atoms with Gasteiger partial charge in [0.05, 0.1) is 17.7 Å². The number of amides is 1. The number of hydrogen-bond donors (Lipinski definition) is 0. The number of benzene rings is 2.